The van der Waals surface area contributed by atoms with Gasteiger partial charge in [-0.2, -0.15) is 5.10 Å². The molecule has 4 aromatic rings. The largest absolute Gasteiger partial charge is 0.366 e. The lowest BCUT2D eigenvalue weighted by Gasteiger charge is -2.10. The molecule has 0 saturated carbocycles. The summed E-state index contributed by atoms with van der Waals surface area (Å²) in [5, 5.41) is 7.83. The van der Waals surface area contributed by atoms with Crippen LogP contribution in [-0.4, -0.2) is 24.6 Å². The number of hydrogen-bond acceptors (Lipinski definition) is 5. The van der Waals surface area contributed by atoms with E-state index >= 15 is 0 Å². The minimum absolute atomic E-state index is 0.671. The van der Waals surface area contributed by atoms with Gasteiger partial charge in [0.15, 0.2) is 5.65 Å². The van der Waals surface area contributed by atoms with Gasteiger partial charge in [0.1, 0.15) is 5.82 Å². The van der Waals surface area contributed by atoms with Crippen LogP contribution in [-0.2, 0) is 19.4 Å². The number of fused-ring (bicyclic) bond motifs is 1. The first-order valence-electron chi connectivity index (χ1n) is 8.34. The molecule has 0 aliphatic rings. The summed E-state index contributed by atoms with van der Waals surface area (Å²) in [4.78, 5) is 13.0. The van der Waals surface area contributed by atoms with Crippen molar-refractivity contribution in [2.24, 2.45) is 0 Å². The summed E-state index contributed by atoms with van der Waals surface area (Å²) in [6.45, 7) is 0.671. The Morgan fingerprint density at radius 1 is 0.962 bits per heavy atom. The molecule has 1 N–H and O–H groups in total. The van der Waals surface area contributed by atoms with Crippen molar-refractivity contribution in [1.82, 2.24) is 24.6 Å². The summed E-state index contributed by atoms with van der Waals surface area (Å²) in [7, 11) is 0. The predicted molar refractivity (Wildman–Crippen MR) is 104 cm³/mol. The lowest BCUT2D eigenvalue weighted by atomic mass is 10.1. The lowest BCUT2D eigenvalue weighted by molar-refractivity contribution is 0.808. The van der Waals surface area contributed by atoms with Crippen LogP contribution in [0.25, 0.3) is 5.65 Å². The normalized spacial score (nSPS) is 11.0. The fourth-order valence-corrected chi connectivity index (χ4v) is 3.13. The van der Waals surface area contributed by atoms with E-state index in [1.807, 2.05) is 35.1 Å². The van der Waals surface area contributed by atoms with Crippen molar-refractivity contribution in [2.45, 2.75) is 19.4 Å². The molecule has 0 saturated heterocycles. The Morgan fingerprint density at radius 2 is 1.73 bits per heavy atom. The van der Waals surface area contributed by atoms with Crippen molar-refractivity contribution >= 4 is 27.4 Å². The first kappa shape index (κ1) is 16.7. The molecule has 0 bridgehead atoms. The second kappa shape index (κ2) is 7.61. The van der Waals surface area contributed by atoms with Crippen LogP contribution in [0.1, 0.15) is 16.8 Å². The minimum atomic E-state index is 0.671. The van der Waals surface area contributed by atoms with E-state index in [-0.39, 0.29) is 0 Å². The van der Waals surface area contributed by atoms with E-state index in [0.717, 1.165) is 40.0 Å². The van der Waals surface area contributed by atoms with Gasteiger partial charge in [0, 0.05) is 43.1 Å². The van der Waals surface area contributed by atoms with Crippen molar-refractivity contribution in [3.8, 4) is 0 Å². The number of aromatic nitrogens is 5. The van der Waals surface area contributed by atoms with Gasteiger partial charge in [-0.25, -0.2) is 9.50 Å². The second-order valence-corrected chi connectivity index (χ2v) is 6.79. The maximum atomic E-state index is 4.68. The van der Waals surface area contributed by atoms with E-state index in [4.69, 9.17) is 0 Å². The highest BCUT2D eigenvalue weighted by Crippen LogP contribution is 2.21. The van der Waals surface area contributed by atoms with Gasteiger partial charge in [-0.1, -0.05) is 12.1 Å². The van der Waals surface area contributed by atoms with Crippen LogP contribution in [0.5, 0.6) is 0 Å². The van der Waals surface area contributed by atoms with E-state index in [1.54, 1.807) is 18.6 Å². The van der Waals surface area contributed by atoms with E-state index < -0.39 is 0 Å². The molecule has 26 heavy (non-hydrogen) atoms. The zero-order chi connectivity index (χ0) is 17.8. The van der Waals surface area contributed by atoms with Gasteiger partial charge in [-0.05, 0) is 52.0 Å². The highest BCUT2D eigenvalue weighted by Gasteiger charge is 2.10. The van der Waals surface area contributed by atoms with E-state index in [2.05, 4.69) is 53.4 Å². The third kappa shape index (κ3) is 3.72. The van der Waals surface area contributed by atoms with Crippen molar-refractivity contribution in [3.05, 3.63) is 82.6 Å². The molecule has 0 fully saturated rings. The monoisotopic (exact) mass is 408 g/mol. The molecule has 7 heteroatoms. The van der Waals surface area contributed by atoms with E-state index in [9.17, 15) is 0 Å². The maximum Gasteiger partial charge on any atom is 0.171 e. The van der Waals surface area contributed by atoms with Crippen LogP contribution in [0, 0.1) is 0 Å². The van der Waals surface area contributed by atoms with Crippen LogP contribution >= 0.6 is 15.9 Å². The van der Waals surface area contributed by atoms with Gasteiger partial charge in [-0.15, -0.1) is 0 Å². The molecule has 0 aromatic carbocycles. The van der Waals surface area contributed by atoms with Crippen molar-refractivity contribution in [1.29, 1.82) is 0 Å². The fraction of sp³-hybridized carbons (Fsp3) is 0.158. The molecule has 4 aromatic heterocycles. The molecule has 0 aliphatic heterocycles. The number of hydrogen-bond donors (Lipinski definition) is 1. The smallest absolute Gasteiger partial charge is 0.171 e. The third-order valence-electron chi connectivity index (χ3n) is 4.09. The fourth-order valence-electron chi connectivity index (χ4n) is 2.78. The molecule has 0 spiro atoms. The zero-order valence-corrected chi connectivity index (χ0v) is 15.6. The molecular weight excluding hydrogens is 392 g/mol. The van der Waals surface area contributed by atoms with Gasteiger partial charge in [0.2, 0.25) is 0 Å². The molecule has 0 atom stereocenters. The van der Waals surface area contributed by atoms with Crippen LogP contribution in [0.15, 0.2) is 65.8 Å². The molecule has 4 rings (SSSR count). The minimum Gasteiger partial charge on any atom is -0.366 e. The quantitative estimate of drug-likeness (QED) is 0.526. The number of aryl methyl sites for hydroxylation is 2. The van der Waals surface area contributed by atoms with Gasteiger partial charge >= 0.3 is 0 Å². The standard InChI is InChI=1S/C19H17BrN6/c20-17-13-24-26-16(6-5-14-3-1-7-21-10-14)9-18(25-19(17)26)23-12-15-4-2-8-22-11-15/h1-4,7-11,13H,5-6,12H2,(H,23,25). The molecule has 4 heterocycles. The second-order valence-electron chi connectivity index (χ2n) is 5.94. The number of rotatable bonds is 6. The number of anilines is 1. The van der Waals surface area contributed by atoms with Gasteiger partial charge in [0.05, 0.1) is 10.7 Å². The average Bonchev–Trinajstić information content (AvgIpc) is 3.07. The Kier molecular flexibility index (Phi) is 4.88. The lowest BCUT2D eigenvalue weighted by Crippen LogP contribution is -2.07. The third-order valence-corrected chi connectivity index (χ3v) is 4.65. The Labute approximate surface area is 159 Å². The predicted octanol–water partition coefficient (Wildman–Crippen LogP) is 3.68. The van der Waals surface area contributed by atoms with Crippen molar-refractivity contribution in [3.63, 3.8) is 0 Å². The molecule has 0 amide bonds. The maximum absolute atomic E-state index is 4.68. The van der Waals surface area contributed by atoms with Crippen LogP contribution < -0.4 is 5.32 Å². The first-order chi connectivity index (χ1) is 12.8. The summed E-state index contributed by atoms with van der Waals surface area (Å²) in [6, 6.07) is 10.1. The zero-order valence-electron chi connectivity index (χ0n) is 14.0. The molecule has 6 nitrogen and oxygen atoms in total. The summed E-state index contributed by atoms with van der Waals surface area (Å²) >= 11 is 3.53. The highest BCUT2D eigenvalue weighted by atomic mass is 79.9. The molecule has 0 aliphatic carbocycles. The Balaban J connectivity index is 1.59. The molecule has 0 unspecified atom stereocenters. The number of nitrogens with zero attached hydrogens (tertiary/aromatic N) is 5. The topological polar surface area (TPSA) is 68.0 Å². The van der Waals surface area contributed by atoms with Crippen molar-refractivity contribution in [2.75, 3.05) is 5.32 Å². The van der Waals surface area contributed by atoms with E-state index in [1.165, 1.54) is 5.56 Å². The van der Waals surface area contributed by atoms with Gasteiger partial charge in [0.25, 0.3) is 0 Å². The van der Waals surface area contributed by atoms with Gasteiger partial charge < -0.3 is 5.32 Å². The molecule has 0 radical (unpaired) electrons. The van der Waals surface area contributed by atoms with Crippen LogP contribution in [0.4, 0.5) is 5.82 Å². The number of nitrogens with one attached hydrogen (secondary N) is 1. The van der Waals surface area contributed by atoms with Gasteiger partial charge in [-0.3, -0.25) is 9.97 Å². The molecular formula is C19H17BrN6. The number of pyridine rings is 2. The Hall–Kier alpha value is -2.80. The Bertz CT molecular complexity index is 1000. The van der Waals surface area contributed by atoms with E-state index in [0.29, 0.717) is 6.54 Å². The summed E-state index contributed by atoms with van der Waals surface area (Å²) in [6.07, 6.45) is 10.8. The van der Waals surface area contributed by atoms with Crippen molar-refractivity contribution < 1.29 is 0 Å². The SMILES string of the molecule is Brc1cnn2c(CCc3cccnc3)cc(NCc3cccnc3)nc12. The van der Waals surface area contributed by atoms with Crippen LogP contribution in [0.2, 0.25) is 0 Å². The summed E-state index contributed by atoms with van der Waals surface area (Å²) in [5.74, 6) is 0.823. The number of halogens is 1. The van der Waals surface area contributed by atoms with Crippen LogP contribution in [0.3, 0.4) is 0 Å². The average molecular weight is 409 g/mol. The molecule has 130 valence electrons. The summed E-state index contributed by atoms with van der Waals surface area (Å²) < 4.78 is 2.76. The Morgan fingerprint density at radius 3 is 2.46 bits per heavy atom. The highest BCUT2D eigenvalue weighted by molar-refractivity contribution is 9.10. The first-order valence-corrected chi connectivity index (χ1v) is 9.14. The summed E-state index contributed by atoms with van der Waals surface area (Å²) in [5.41, 5.74) is 4.22.